The average molecular weight is 799 g/mol. The van der Waals surface area contributed by atoms with Crippen molar-refractivity contribution in [3.8, 4) is 0 Å². The summed E-state index contributed by atoms with van der Waals surface area (Å²) in [6, 6.07) is 0. The third-order valence-electron chi connectivity index (χ3n) is 12.4. The Bertz CT molecular complexity index is 876. The van der Waals surface area contributed by atoms with Gasteiger partial charge in [0.05, 0.1) is 25.0 Å². The van der Waals surface area contributed by atoms with E-state index in [2.05, 4.69) is 20.8 Å². The Morgan fingerprint density at radius 1 is 0.536 bits per heavy atom. The van der Waals surface area contributed by atoms with Crippen LogP contribution in [0.1, 0.15) is 221 Å². The van der Waals surface area contributed by atoms with Crippen LogP contribution in [0.2, 0.25) is 0 Å². The Hall–Kier alpha value is -1.26. The van der Waals surface area contributed by atoms with Gasteiger partial charge in [0.1, 0.15) is 0 Å². The topological polar surface area (TPSA) is 154 Å². The summed E-state index contributed by atoms with van der Waals surface area (Å²) in [6.07, 6.45) is 29.5. The molecule has 2 aliphatic carbocycles. The van der Waals surface area contributed by atoms with Crippen molar-refractivity contribution in [3.05, 3.63) is 0 Å². The van der Waals surface area contributed by atoms with Crippen LogP contribution >= 0.6 is 0 Å². The SMILES string of the molecule is CCCCCCCCC(CCC1CCC1)C(=O)OCC(COC(=O)C(CCCCCCCC)CCC1CCC1)C(CC(C)(O)O)CC(C)(O)O.CCCCCO. The number of hydrogen-bond acceptors (Lipinski definition) is 9. The van der Waals surface area contributed by atoms with Gasteiger partial charge in [-0.05, 0) is 76.5 Å². The largest absolute Gasteiger partial charge is 0.465 e. The van der Waals surface area contributed by atoms with Crippen LogP contribution in [-0.4, -0.2) is 68.9 Å². The molecule has 5 N–H and O–H groups in total. The second-order valence-electron chi connectivity index (χ2n) is 18.3. The van der Waals surface area contributed by atoms with E-state index in [1.807, 2.05) is 0 Å². The van der Waals surface area contributed by atoms with Gasteiger partial charge in [0, 0.05) is 25.4 Å². The fourth-order valence-electron chi connectivity index (χ4n) is 8.23. The van der Waals surface area contributed by atoms with Crippen molar-refractivity contribution in [2.24, 2.45) is 35.5 Å². The van der Waals surface area contributed by atoms with Crippen LogP contribution in [0.25, 0.3) is 0 Å². The molecule has 0 amide bonds. The summed E-state index contributed by atoms with van der Waals surface area (Å²) >= 11 is 0. The number of aliphatic hydroxyl groups excluding tert-OH is 1. The Morgan fingerprint density at radius 3 is 1.20 bits per heavy atom. The number of hydrogen-bond donors (Lipinski definition) is 5. The van der Waals surface area contributed by atoms with Crippen LogP contribution in [0.4, 0.5) is 0 Å². The van der Waals surface area contributed by atoms with E-state index in [0.29, 0.717) is 18.4 Å². The van der Waals surface area contributed by atoms with E-state index >= 15 is 0 Å². The van der Waals surface area contributed by atoms with E-state index in [-0.39, 0.29) is 49.8 Å². The Kier molecular flexibility index (Phi) is 29.8. The number of unbranched alkanes of at least 4 members (excludes halogenated alkanes) is 12. The van der Waals surface area contributed by atoms with Gasteiger partial charge in [0.2, 0.25) is 0 Å². The summed E-state index contributed by atoms with van der Waals surface area (Å²) in [5.41, 5.74) is 0. The fraction of sp³-hybridized carbons (Fsp3) is 0.957. The van der Waals surface area contributed by atoms with Gasteiger partial charge in [-0.1, -0.05) is 149 Å². The summed E-state index contributed by atoms with van der Waals surface area (Å²) in [4.78, 5) is 27.3. The zero-order valence-electron chi connectivity index (χ0n) is 37.0. The normalized spacial score (nSPS) is 16.7. The van der Waals surface area contributed by atoms with Crippen LogP contribution in [0.15, 0.2) is 0 Å². The molecule has 2 atom stereocenters. The molecule has 0 spiro atoms. The van der Waals surface area contributed by atoms with Gasteiger partial charge in [0.25, 0.3) is 0 Å². The van der Waals surface area contributed by atoms with Gasteiger partial charge in [-0.25, -0.2) is 0 Å². The van der Waals surface area contributed by atoms with Crippen molar-refractivity contribution in [1.82, 2.24) is 0 Å². The molecule has 2 fully saturated rings. The van der Waals surface area contributed by atoms with Gasteiger partial charge in [-0.2, -0.15) is 0 Å². The predicted octanol–water partition coefficient (Wildman–Crippen LogP) is 10.6. The first-order valence-electron chi connectivity index (χ1n) is 23.6. The molecule has 0 bridgehead atoms. The smallest absolute Gasteiger partial charge is 0.308 e. The summed E-state index contributed by atoms with van der Waals surface area (Å²) in [6.45, 7) is 9.25. The van der Waals surface area contributed by atoms with Crippen molar-refractivity contribution < 1.29 is 44.6 Å². The minimum absolute atomic E-state index is 0.0798. The molecule has 0 aromatic carbocycles. The fourth-order valence-corrected chi connectivity index (χ4v) is 8.23. The Balaban J connectivity index is 0.00000241. The van der Waals surface area contributed by atoms with Crippen molar-refractivity contribution in [2.75, 3.05) is 19.8 Å². The van der Waals surface area contributed by atoms with Crippen LogP contribution in [0, 0.1) is 35.5 Å². The highest BCUT2D eigenvalue weighted by molar-refractivity contribution is 5.73. The van der Waals surface area contributed by atoms with Crippen molar-refractivity contribution in [3.63, 3.8) is 0 Å². The van der Waals surface area contributed by atoms with Gasteiger partial charge in [0.15, 0.2) is 11.6 Å². The molecule has 0 aromatic rings. The van der Waals surface area contributed by atoms with Crippen LogP contribution in [0.5, 0.6) is 0 Å². The highest BCUT2D eigenvalue weighted by Gasteiger charge is 2.36. The van der Waals surface area contributed by atoms with Gasteiger partial charge in [-0.3, -0.25) is 9.59 Å². The molecular formula is C47H90O9. The number of rotatable bonds is 34. The van der Waals surface area contributed by atoms with Gasteiger partial charge >= 0.3 is 11.9 Å². The maximum atomic E-state index is 13.6. The molecule has 332 valence electrons. The van der Waals surface area contributed by atoms with Crippen LogP contribution in [0.3, 0.4) is 0 Å². The zero-order valence-corrected chi connectivity index (χ0v) is 37.0. The predicted molar refractivity (Wildman–Crippen MR) is 227 cm³/mol. The Labute approximate surface area is 343 Å². The third-order valence-corrected chi connectivity index (χ3v) is 12.4. The molecule has 2 rings (SSSR count). The molecule has 0 aromatic heterocycles. The number of carbonyl (C=O) groups excluding carboxylic acids is 2. The summed E-state index contributed by atoms with van der Waals surface area (Å²) < 4.78 is 12.0. The number of aliphatic hydroxyl groups is 5. The second-order valence-corrected chi connectivity index (χ2v) is 18.3. The Morgan fingerprint density at radius 2 is 0.893 bits per heavy atom. The molecule has 9 heteroatoms. The second kappa shape index (κ2) is 31.6. The van der Waals surface area contributed by atoms with E-state index in [4.69, 9.17) is 14.6 Å². The van der Waals surface area contributed by atoms with Crippen molar-refractivity contribution in [1.29, 1.82) is 0 Å². The number of ether oxygens (including phenoxy) is 2. The molecule has 9 nitrogen and oxygen atoms in total. The van der Waals surface area contributed by atoms with E-state index < -0.39 is 23.4 Å². The van der Waals surface area contributed by atoms with Gasteiger partial charge in [-0.15, -0.1) is 0 Å². The standard InChI is InChI=1S/C42H78O8.C5H12O/c1-5-7-9-11-13-15-23-35(27-25-33-19-17-20-33)39(43)49-31-38(37(29-41(3,45)46)30-42(4,47)48)32-50-40(44)36(28-26-34-21-18-22-34)24-16-14-12-10-8-6-2;1-2-3-4-5-6/h33-38,45-48H,5-32H2,1-4H3;6H,2-5H2,1H3. The molecule has 0 aliphatic heterocycles. The average Bonchev–Trinajstić information content (AvgIpc) is 3.09. The molecule has 2 aliphatic rings. The lowest BCUT2D eigenvalue weighted by Gasteiger charge is -2.34. The molecule has 56 heavy (non-hydrogen) atoms. The molecule has 0 radical (unpaired) electrons. The van der Waals surface area contributed by atoms with Crippen LogP contribution in [-0.2, 0) is 19.1 Å². The summed E-state index contributed by atoms with van der Waals surface area (Å²) in [7, 11) is 0. The number of carbonyl (C=O) groups is 2. The lowest BCUT2D eigenvalue weighted by atomic mass is 9.79. The monoisotopic (exact) mass is 799 g/mol. The van der Waals surface area contributed by atoms with Gasteiger partial charge < -0.3 is 35.0 Å². The lowest BCUT2D eigenvalue weighted by molar-refractivity contribution is -0.194. The third kappa shape index (κ3) is 27.4. The van der Waals surface area contributed by atoms with E-state index in [9.17, 15) is 30.0 Å². The van der Waals surface area contributed by atoms with Crippen molar-refractivity contribution in [2.45, 2.75) is 232 Å². The molecule has 0 heterocycles. The minimum atomic E-state index is -2.09. The molecule has 2 unspecified atom stereocenters. The quantitative estimate of drug-likeness (QED) is 0.0243. The lowest BCUT2D eigenvalue weighted by Crippen LogP contribution is -2.39. The van der Waals surface area contributed by atoms with Crippen LogP contribution < -0.4 is 0 Å². The molecule has 0 saturated heterocycles. The maximum absolute atomic E-state index is 13.6. The maximum Gasteiger partial charge on any atom is 0.308 e. The first-order chi connectivity index (χ1) is 26.7. The molecular weight excluding hydrogens is 709 g/mol. The highest BCUT2D eigenvalue weighted by Crippen LogP contribution is 2.35. The summed E-state index contributed by atoms with van der Waals surface area (Å²) in [5.74, 6) is -4.99. The van der Waals surface area contributed by atoms with E-state index in [1.165, 1.54) is 110 Å². The molecule has 2 saturated carbocycles. The van der Waals surface area contributed by atoms with E-state index in [0.717, 1.165) is 77.0 Å². The number of esters is 2. The highest BCUT2D eigenvalue weighted by atomic mass is 16.5. The summed E-state index contributed by atoms with van der Waals surface area (Å²) in [5, 5.41) is 49.8. The van der Waals surface area contributed by atoms with E-state index in [1.54, 1.807) is 0 Å². The minimum Gasteiger partial charge on any atom is -0.465 e. The first kappa shape index (κ1) is 52.8. The zero-order chi connectivity index (χ0) is 41.7. The first-order valence-corrected chi connectivity index (χ1v) is 23.6. The van der Waals surface area contributed by atoms with Crippen molar-refractivity contribution >= 4 is 11.9 Å².